The maximum Gasteiger partial charge on any atom is 0.343 e. The van der Waals surface area contributed by atoms with Crippen molar-refractivity contribution in [1.82, 2.24) is 0 Å². The Morgan fingerprint density at radius 3 is 2.27 bits per heavy atom. The number of aliphatic hydroxyl groups is 1. The summed E-state index contributed by atoms with van der Waals surface area (Å²) in [5.74, 6) is 0.450. The zero-order valence-electron chi connectivity index (χ0n) is 15.9. The average Bonchev–Trinajstić information content (AvgIpc) is 2.73. The number of aliphatic hydroxyl groups excluding tert-OH is 1. The average molecular weight is 441 g/mol. The Bertz CT molecular complexity index is 1260. The van der Waals surface area contributed by atoms with Crippen molar-refractivity contribution in [1.29, 1.82) is 0 Å². The van der Waals surface area contributed by atoms with Crippen LogP contribution in [0.4, 0.5) is 0 Å². The van der Waals surface area contributed by atoms with Crippen molar-refractivity contribution in [3.63, 3.8) is 0 Å². The predicted molar refractivity (Wildman–Crippen MR) is 118 cm³/mol. The molecule has 1 heterocycles. The van der Waals surface area contributed by atoms with E-state index in [9.17, 15) is 9.90 Å². The molecule has 4 rings (SSSR count). The molecule has 0 aliphatic rings. The van der Waals surface area contributed by atoms with E-state index in [0.29, 0.717) is 44.3 Å². The van der Waals surface area contributed by atoms with Crippen molar-refractivity contribution >= 4 is 34.2 Å². The fraction of sp³-hybridized carbons (Fsp3) is 0.125. The lowest BCUT2D eigenvalue weighted by Gasteiger charge is -2.14. The molecule has 0 amide bonds. The molecule has 0 aliphatic heterocycles. The Morgan fingerprint density at radius 2 is 1.57 bits per heavy atom. The van der Waals surface area contributed by atoms with Crippen LogP contribution in [0.2, 0.25) is 10.0 Å². The van der Waals surface area contributed by atoms with Crippen LogP contribution in [0.5, 0.6) is 5.75 Å². The molecule has 0 saturated heterocycles. The Labute approximate surface area is 183 Å². The highest BCUT2D eigenvalue weighted by Gasteiger charge is 2.17. The summed E-state index contributed by atoms with van der Waals surface area (Å²) in [6, 6.07) is 19.9. The van der Waals surface area contributed by atoms with E-state index >= 15 is 0 Å². The molecule has 0 atom stereocenters. The van der Waals surface area contributed by atoms with Crippen molar-refractivity contribution in [3.05, 3.63) is 109 Å². The van der Waals surface area contributed by atoms with Crippen LogP contribution >= 0.6 is 23.2 Å². The summed E-state index contributed by atoms with van der Waals surface area (Å²) in [5.41, 5.74) is 2.68. The summed E-state index contributed by atoms with van der Waals surface area (Å²) in [5, 5.41) is 11.3. The predicted octanol–water partition coefficient (Wildman–Crippen LogP) is 5.76. The van der Waals surface area contributed by atoms with Crippen molar-refractivity contribution in [2.75, 3.05) is 0 Å². The van der Waals surface area contributed by atoms with Gasteiger partial charge in [-0.15, -0.1) is 0 Å². The number of fused-ring (bicyclic) bond motifs is 1. The third kappa shape index (κ3) is 4.51. The van der Waals surface area contributed by atoms with Gasteiger partial charge in [-0.1, -0.05) is 53.5 Å². The monoisotopic (exact) mass is 440 g/mol. The summed E-state index contributed by atoms with van der Waals surface area (Å²) in [7, 11) is 0. The lowest BCUT2D eigenvalue weighted by atomic mass is 10.0. The standard InChI is InChI=1S/C24H18Cl2O4/c25-18-5-1-3-15(9-18)11-21-23(29-14-17-4-2-6-19(26)10-17)20-8-7-16(13-27)12-22(20)30-24(21)28/h1-10,12,27H,11,13-14H2. The molecule has 0 bridgehead atoms. The lowest BCUT2D eigenvalue weighted by molar-refractivity contribution is 0.281. The first-order valence-electron chi connectivity index (χ1n) is 9.34. The Kier molecular flexibility index (Phi) is 6.09. The van der Waals surface area contributed by atoms with Gasteiger partial charge in [-0.2, -0.15) is 0 Å². The Balaban J connectivity index is 1.80. The summed E-state index contributed by atoms with van der Waals surface area (Å²) in [6.45, 7) is 0.0893. The van der Waals surface area contributed by atoms with Gasteiger partial charge in [0.15, 0.2) is 0 Å². The van der Waals surface area contributed by atoms with Crippen molar-refractivity contribution in [2.24, 2.45) is 0 Å². The van der Waals surface area contributed by atoms with Crippen molar-refractivity contribution in [3.8, 4) is 5.75 Å². The second-order valence-electron chi connectivity index (χ2n) is 6.91. The number of hydrogen-bond acceptors (Lipinski definition) is 4. The summed E-state index contributed by atoms with van der Waals surface area (Å²) in [6.07, 6.45) is 0.311. The molecule has 4 aromatic rings. The van der Waals surface area contributed by atoms with E-state index in [2.05, 4.69) is 0 Å². The van der Waals surface area contributed by atoms with Gasteiger partial charge in [0.25, 0.3) is 0 Å². The minimum Gasteiger partial charge on any atom is -0.488 e. The van der Waals surface area contributed by atoms with Gasteiger partial charge in [-0.25, -0.2) is 4.79 Å². The maximum atomic E-state index is 12.8. The molecule has 4 nitrogen and oxygen atoms in total. The highest BCUT2D eigenvalue weighted by molar-refractivity contribution is 6.30. The Morgan fingerprint density at radius 1 is 0.867 bits per heavy atom. The zero-order chi connectivity index (χ0) is 21.1. The molecule has 1 aromatic heterocycles. The minimum absolute atomic E-state index is 0.150. The highest BCUT2D eigenvalue weighted by Crippen LogP contribution is 2.31. The Hall–Kier alpha value is -2.79. The van der Waals surface area contributed by atoms with Gasteiger partial charge >= 0.3 is 5.63 Å². The molecule has 1 N–H and O–H groups in total. The summed E-state index contributed by atoms with van der Waals surface area (Å²) in [4.78, 5) is 12.8. The van der Waals surface area contributed by atoms with Gasteiger partial charge in [0.1, 0.15) is 17.9 Å². The molecule has 0 fully saturated rings. The van der Waals surface area contributed by atoms with E-state index in [4.69, 9.17) is 32.4 Å². The van der Waals surface area contributed by atoms with Crippen LogP contribution in [0.25, 0.3) is 11.0 Å². The molecule has 0 spiro atoms. The summed E-state index contributed by atoms with van der Waals surface area (Å²) < 4.78 is 11.7. The minimum atomic E-state index is -0.487. The van der Waals surface area contributed by atoms with Crippen LogP contribution in [0, 0.1) is 0 Å². The third-order valence-corrected chi connectivity index (χ3v) is 5.21. The number of hydrogen-bond donors (Lipinski definition) is 1. The molecular formula is C24H18Cl2O4. The van der Waals surface area contributed by atoms with E-state index in [1.165, 1.54) is 0 Å². The first kappa shape index (κ1) is 20.5. The van der Waals surface area contributed by atoms with Gasteiger partial charge in [-0.3, -0.25) is 0 Å². The smallest absolute Gasteiger partial charge is 0.343 e. The number of ether oxygens (including phenoxy) is 1. The van der Waals surface area contributed by atoms with Gasteiger partial charge < -0.3 is 14.3 Å². The van der Waals surface area contributed by atoms with Crippen LogP contribution in [0.15, 0.2) is 75.9 Å². The molecule has 152 valence electrons. The first-order valence-corrected chi connectivity index (χ1v) is 10.1. The molecule has 30 heavy (non-hydrogen) atoms. The molecule has 0 saturated carbocycles. The fourth-order valence-corrected chi connectivity index (χ4v) is 3.73. The van der Waals surface area contributed by atoms with Crippen LogP contribution in [0.1, 0.15) is 22.3 Å². The molecule has 0 aliphatic carbocycles. The van der Waals surface area contributed by atoms with Crippen molar-refractivity contribution in [2.45, 2.75) is 19.6 Å². The zero-order valence-corrected chi connectivity index (χ0v) is 17.4. The fourth-order valence-electron chi connectivity index (χ4n) is 3.30. The van der Waals surface area contributed by atoms with Crippen LogP contribution in [-0.4, -0.2) is 5.11 Å². The maximum absolute atomic E-state index is 12.8. The van der Waals surface area contributed by atoms with Gasteiger partial charge in [0.2, 0.25) is 0 Å². The molecular weight excluding hydrogens is 423 g/mol. The van der Waals surface area contributed by atoms with E-state index in [1.807, 2.05) is 30.3 Å². The van der Waals surface area contributed by atoms with Gasteiger partial charge in [0, 0.05) is 16.5 Å². The molecule has 0 radical (unpaired) electrons. The number of rotatable bonds is 6. The topological polar surface area (TPSA) is 59.7 Å². The second kappa shape index (κ2) is 8.92. The summed E-state index contributed by atoms with van der Waals surface area (Å²) >= 11 is 12.2. The third-order valence-electron chi connectivity index (χ3n) is 4.74. The quantitative estimate of drug-likeness (QED) is 0.387. The van der Waals surface area contributed by atoms with Gasteiger partial charge in [-0.05, 0) is 53.1 Å². The molecule has 3 aromatic carbocycles. The van der Waals surface area contributed by atoms with E-state index < -0.39 is 5.63 Å². The van der Waals surface area contributed by atoms with E-state index in [0.717, 1.165) is 11.1 Å². The van der Waals surface area contributed by atoms with Crippen molar-refractivity contribution < 1.29 is 14.3 Å². The second-order valence-corrected chi connectivity index (χ2v) is 7.78. The normalized spacial score (nSPS) is 11.0. The van der Waals surface area contributed by atoms with Crippen LogP contribution in [-0.2, 0) is 19.6 Å². The van der Waals surface area contributed by atoms with Crippen LogP contribution < -0.4 is 10.4 Å². The highest BCUT2D eigenvalue weighted by atomic mass is 35.5. The lowest BCUT2D eigenvalue weighted by Crippen LogP contribution is -2.12. The largest absolute Gasteiger partial charge is 0.488 e. The van der Waals surface area contributed by atoms with E-state index in [1.54, 1.807) is 36.4 Å². The van der Waals surface area contributed by atoms with Crippen LogP contribution in [0.3, 0.4) is 0 Å². The van der Waals surface area contributed by atoms with Gasteiger partial charge in [0.05, 0.1) is 17.6 Å². The van der Waals surface area contributed by atoms with E-state index in [-0.39, 0.29) is 13.2 Å². The molecule has 6 heteroatoms. The number of benzene rings is 3. The number of halogens is 2. The first-order chi connectivity index (χ1) is 14.5. The molecule has 0 unspecified atom stereocenters. The SMILES string of the molecule is O=c1oc2cc(CO)ccc2c(OCc2cccc(Cl)c2)c1Cc1cccc(Cl)c1.